The largest absolute Gasteiger partial charge is 0.455 e. The van der Waals surface area contributed by atoms with E-state index in [0.29, 0.717) is 0 Å². The molecule has 4 nitrogen and oxygen atoms in total. The molecule has 0 aliphatic heterocycles. The standard InChI is InChI=1S/C16H21NO3/c1-12-5-4-6-13(9-12)10-16(19)20-11-15(18)17-14-7-2-3-8-14/h4-6,9,14H,2-3,7-8,10-11H2,1H3,(H,17,18). The lowest BCUT2D eigenvalue weighted by molar-refractivity contribution is -0.148. The van der Waals surface area contributed by atoms with Crippen molar-refractivity contribution in [3.63, 3.8) is 0 Å². The predicted octanol–water partition coefficient (Wildman–Crippen LogP) is 2.14. The van der Waals surface area contributed by atoms with Gasteiger partial charge in [0.15, 0.2) is 6.61 Å². The Kier molecular flexibility index (Phi) is 5.16. The molecule has 2 rings (SSSR count). The number of rotatable bonds is 5. The van der Waals surface area contributed by atoms with Crippen molar-refractivity contribution < 1.29 is 14.3 Å². The van der Waals surface area contributed by atoms with Crippen molar-refractivity contribution in [2.24, 2.45) is 0 Å². The summed E-state index contributed by atoms with van der Waals surface area (Å²) in [5.41, 5.74) is 2.01. The highest BCUT2D eigenvalue weighted by molar-refractivity contribution is 5.81. The van der Waals surface area contributed by atoms with Crippen LogP contribution in [-0.4, -0.2) is 24.5 Å². The molecule has 0 radical (unpaired) electrons. The number of nitrogens with one attached hydrogen (secondary N) is 1. The summed E-state index contributed by atoms with van der Waals surface area (Å²) in [6.45, 7) is 1.80. The third-order valence-corrected chi connectivity index (χ3v) is 3.52. The number of carbonyl (C=O) groups is 2. The van der Waals surface area contributed by atoms with Crippen LogP contribution < -0.4 is 5.32 Å². The number of aryl methyl sites for hydroxylation is 1. The first-order valence-corrected chi connectivity index (χ1v) is 7.14. The summed E-state index contributed by atoms with van der Waals surface area (Å²) in [6.07, 6.45) is 4.60. The summed E-state index contributed by atoms with van der Waals surface area (Å²) < 4.78 is 5.01. The highest BCUT2D eigenvalue weighted by Crippen LogP contribution is 2.17. The highest BCUT2D eigenvalue weighted by Gasteiger charge is 2.17. The summed E-state index contributed by atoms with van der Waals surface area (Å²) in [7, 11) is 0. The smallest absolute Gasteiger partial charge is 0.310 e. The van der Waals surface area contributed by atoms with Crippen LogP contribution in [0.5, 0.6) is 0 Å². The molecule has 0 spiro atoms. The first-order valence-electron chi connectivity index (χ1n) is 7.14. The molecule has 1 saturated carbocycles. The Morgan fingerprint density at radius 1 is 1.30 bits per heavy atom. The minimum atomic E-state index is -0.364. The molecule has 1 amide bonds. The molecule has 0 bridgehead atoms. The second kappa shape index (κ2) is 7.08. The molecule has 1 aliphatic rings. The molecule has 0 saturated heterocycles. The second-order valence-electron chi connectivity index (χ2n) is 5.38. The molecule has 1 aliphatic carbocycles. The molecule has 0 unspecified atom stereocenters. The van der Waals surface area contributed by atoms with Gasteiger partial charge >= 0.3 is 5.97 Å². The van der Waals surface area contributed by atoms with E-state index in [0.717, 1.165) is 36.8 Å². The van der Waals surface area contributed by atoms with Crippen molar-refractivity contribution in [2.75, 3.05) is 6.61 Å². The highest BCUT2D eigenvalue weighted by atomic mass is 16.5. The zero-order valence-corrected chi connectivity index (χ0v) is 11.9. The van der Waals surface area contributed by atoms with Crippen LogP contribution in [0.15, 0.2) is 24.3 Å². The van der Waals surface area contributed by atoms with Crippen molar-refractivity contribution in [2.45, 2.75) is 45.1 Å². The minimum absolute atomic E-state index is 0.179. The van der Waals surface area contributed by atoms with Crippen LogP contribution in [0.25, 0.3) is 0 Å². The van der Waals surface area contributed by atoms with Gasteiger partial charge in [-0.25, -0.2) is 0 Å². The molecule has 0 heterocycles. The monoisotopic (exact) mass is 275 g/mol. The van der Waals surface area contributed by atoms with Gasteiger partial charge in [-0.2, -0.15) is 0 Å². The molecule has 108 valence electrons. The van der Waals surface area contributed by atoms with Gasteiger partial charge in [0.05, 0.1) is 6.42 Å². The Morgan fingerprint density at radius 3 is 2.75 bits per heavy atom. The SMILES string of the molecule is Cc1cccc(CC(=O)OCC(=O)NC2CCCC2)c1. The van der Waals surface area contributed by atoms with Gasteiger partial charge in [0.1, 0.15) is 0 Å². The number of ether oxygens (including phenoxy) is 1. The molecule has 4 heteroatoms. The average Bonchev–Trinajstić information content (AvgIpc) is 2.89. The lowest BCUT2D eigenvalue weighted by Crippen LogP contribution is -2.36. The van der Waals surface area contributed by atoms with E-state index in [1.807, 2.05) is 31.2 Å². The topological polar surface area (TPSA) is 55.4 Å². The molecule has 1 N–H and O–H groups in total. The summed E-state index contributed by atoms with van der Waals surface area (Å²) in [4.78, 5) is 23.3. The van der Waals surface area contributed by atoms with Gasteiger partial charge < -0.3 is 10.1 Å². The predicted molar refractivity (Wildman–Crippen MR) is 76.2 cm³/mol. The fourth-order valence-electron chi connectivity index (χ4n) is 2.53. The Bertz CT molecular complexity index is 478. The van der Waals surface area contributed by atoms with E-state index in [1.165, 1.54) is 0 Å². The fraction of sp³-hybridized carbons (Fsp3) is 0.500. The third kappa shape index (κ3) is 4.68. The van der Waals surface area contributed by atoms with Crippen LogP contribution in [0, 0.1) is 6.92 Å². The quantitative estimate of drug-likeness (QED) is 0.838. The van der Waals surface area contributed by atoms with Crippen molar-refractivity contribution in [1.29, 1.82) is 0 Å². The first-order chi connectivity index (χ1) is 9.63. The van der Waals surface area contributed by atoms with E-state index < -0.39 is 0 Å². The fourth-order valence-corrected chi connectivity index (χ4v) is 2.53. The lowest BCUT2D eigenvalue weighted by Gasteiger charge is -2.12. The maximum absolute atomic E-state index is 11.7. The van der Waals surface area contributed by atoms with Crippen LogP contribution in [0.3, 0.4) is 0 Å². The van der Waals surface area contributed by atoms with Crippen LogP contribution in [-0.2, 0) is 20.7 Å². The van der Waals surface area contributed by atoms with E-state index in [-0.39, 0.29) is 30.9 Å². The number of hydrogen-bond donors (Lipinski definition) is 1. The summed E-state index contributed by atoms with van der Waals surface area (Å²) in [6, 6.07) is 7.97. The van der Waals surface area contributed by atoms with Crippen molar-refractivity contribution in [3.8, 4) is 0 Å². The molecule has 0 atom stereocenters. The van der Waals surface area contributed by atoms with E-state index in [2.05, 4.69) is 5.32 Å². The zero-order valence-electron chi connectivity index (χ0n) is 11.9. The van der Waals surface area contributed by atoms with Gasteiger partial charge in [-0.15, -0.1) is 0 Å². The number of esters is 1. The third-order valence-electron chi connectivity index (χ3n) is 3.52. The Balaban J connectivity index is 1.70. The van der Waals surface area contributed by atoms with Crippen molar-refractivity contribution in [1.82, 2.24) is 5.32 Å². The maximum Gasteiger partial charge on any atom is 0.310 e. The number of amides is 1. The van der Waals surface area contributed by atoms with Crippen molar-refractivity contribution in [3.05, 3.63) is 35.4 Å². The van der Waals surface area contributed by atoms with Crippen LogP contribution in [0.2, 0.25) is 0 Å². The Hall–Kier alpha value is -1.84. The summed E-state index contributed by atoms with van der Waals surface area (Å²) in [5.74, 6) is -0.563. The Labute approximate surface area is 119 Å². The molecular weight excluding hydrogens is 254 g/mol. The van der Waals surface area contributed by atoms with Crippen LogP contribution in [0.4, 0.5) is 0 Å². The van der Waals surface area contributed by atoms with Gasteiger partial charge in [0.25, 0.3) is 5.91 Å². The first kappa shape index (κ1) is 14.6. The van der Waals surface area contributed by atoms with Crippen LogP contribution >= 0.6 is 0 Å². The summed E-state index contributed by atoms with van der Waals surface area (Å²) in [5, 5.41) is 2.89. The molecule has 1 aromatic carbocycles. The minimum Gasteiger partial charge on any atom is -0.455 e. The maximum atomic E-state index is 11.7. The van der Waals surface area contributed by atoms with E-state index in [9.17, 15) is 9.59 Å². The second-order valence-corrected chi connectivity index (χ2v) is 5.38. The molecule has 1 aromatic rings. The number of benzene rings is 1. The summed E-state index contributed by atoms with van der Waals surface area (Å²) >= 11 is 0. The molecule has 0 aromatic heterocycles. The van der Waals surface area contributed by atoms with Gasteiger partial charge in [-0.3, -0.25) is 9.59 Å². The van der Waals surface area contributed by atoms with Gasteiger partial charge in [-0.1, -0.05) is 42.7 Å². The normalized spacial score (nSPS) is 15.1. The van der Waals surface area contributed by atoms with E-state index >= 15 is 0 Å². The van der Waals surface area contributed by atoms with Gasteiger partial charge in [-0.05, 0) is 25.3 Å². The van der Waals surface area contributed by atoms with Crippen molar-refractivity contribution >= 4 is 11.9 Å². The number of carbonyl (C=O) groups excluding carboxylic acids is 2. The van der Waals surface area contributed by atoms with E-state index in [1.54, 1.807) is 0 Å². The zero-order chi connectivity index (χ0) is 14.4. The molecule has 20 heavy (non-hydrogen) atoms. The Morgan fingerprint density at radius 2 is 2.05 bits per heavy atom. The average molecular weight is 275 g/mol. The molecular formula is C16H21NO3. The van der Waals surface area contributed by atoms with Gasteiger partial charge in [0.2, 0.25) is 0 Å². The van der Waals surface area contributed by atoms with Crippen LogP contribution in [0.1, 0.15) is 36.8 Å². The lowest BCUT2D eigenvalue weighted by atomic mass is 10.1. The van der Waals surface area contributed by atoms with E-state index in [4.69, 9.17) is 4.74 Å². The number of hydrogen-bond acceptors (Lipinski definition) is 3. The van der Waals surface area contributed by atoms with Gasteiger partial charge in [0, 0.05) is 6.04 Å². The molecule has 1 fully saturated rings.